The van der Waals surface area contributed by atoms with Gasteiger partial charge in [-0.3, -0.25) is 9.79 Å². The maximum absolute atomic E-state index is 13.1. The number of carbonyl (C=O) groups excluding carboxylic acids is 1. The molecule has 0 radical (unpaired) electrons. The average Bonchev–Trinajstić information content (AvgIpc) is 2.48. The zero-order chi connectivity index (χ0) is 19.5. The summed E-state index contributed by atoms with van der Waals surface area (Å²) in [5, 5.41) is 0. The average molecular weight is 362 g/mol. The lowest BCUT2D eigenvalue weighted by atomic mass is 9.78. The van der Waals surface area contributed by atoms with E-state index in [0.717, 1.165) is 18.9 Å². The molecule has 0 aromatic rings. The van der Waals surface area contributed by atoms with Crippen molar-refractivity contribution >= 4 is 11.7 Å². The Morgan fingerprint density at radius 2 is 1.73 bits per heavy atom. The van der Waals surface area contributed by atoms with Crippen LogP contribution in [-0.4, -0.2) is 60.4 Å². The lowest BCUT2D eigenvalue weighted by Gasteiger charge is -2.50. The minimum atomic E-state index is -0.341. The number of nitrogens with zero attached hydrogens (tertiary/aromatic N) is 3. The van der Waals surface area contributed by atoms with Crippen LogP contribution in [0.1, 0.15) is 55.4 Å². The predicted molar refractivity (Wildman–Crippen MR) is 105 cm³/mol. The summed E-state index contributed by atoms with van der Waals surface area (Å²) in [7, 11) is 0. The fraction of sp³-hybridized carbons (Fsp3) is 0.810. The number of fused-ring (bicyclic) bond motifs is 1. The van der Waals surface area contributed by atoms with Crippen LogP contribution in [0.2, 0.25) is 0 Å². The van der Waals surface area contributed by atoms with Gasteiger partial charge in [0.2, 0.25) is 5.91 Å². The second-order valence-electron chi connectivity index (χ2n) is 10.4. The van der Waals surface area contributed by atoms with Gasteiger partial charge in [0.25, 0.3) is 0 Å². The Hall–Kier alpha value is -1.36. The molecule has 0 saturated carbocycles. The Morgan fingerprint density at radius 1 is 1.12 bits per heavy atom. The van der Waals surface area contributed by atoms with E-state index in [1.807, 2.05) is 11.8 Å². The summed E-state index contributed by atoms with van der Waals surface area (Å²) in [6.45, 7) is 21.0. The highest BCUT2D eigenvalue weighted by Crippen LogP contribution is 2.41. The molecule has 5 heteroatoms. The van der Waals surface area contributed by atoms with Crippen LogP contribution in [-0.2, 0) is 9.53 Å². The standard InChI is InChI=1S/C21H35N3O2/c1-14-16(19(2,3)4)15-11-23(18(25)21(8)12-26-13-21)9-10-24(15)17(22-14)20(5,6)7/h14H,9-13H2,1-8H3/t14-/m0/s1. The smallest absolute Gasteiger partial charge is 0.233 e. The Bertz CT molecular complexity index is 660. The SMILES string of the molecule is C[C@@H]1N=C(C(C)(C)C)N2CCN(C(=O)C3(C)COC3)CC2=C1C(C)(C)C. The number of carbonyl (C=O) groups is 1. The van der Waals surface area contributed by atoms with Crippen LogP contribution < -0.4 is 0 Å². The van der Waals surface area contributed by atoms with Gasteiger partial charge in [0.05, 0.1) is 31.2 Å². The summed E-state index contributed by atoms with van der Waals surface area (Å²) < 4.78 is 5.32. The largest absolute Gasteiger partial charge is 0.379 e. The second kappa shape index (κ2) is 6.08. The summed E-state index contributed by atoms with van der Waals surface area (Å²) in [6, 6.07) is 0.146. The van der Waals surface area contributed by atoms with E-state index in [2.05, 4.69) is 53.4 Å². The third-order valence-electron chi connectivity index (χ3n) is 5.68. The summed E-state index contributed by atoms with van der Waals surface area (Å²) in [4.78, 5) is 22.6. The van der Waals surface area contributed by atoms with Gasteiger partial charge >= 0.3 is 0 Å². The van der Waals surface area contributed by atoms with Gasteiger partial charge in [0, 0.05) is 24.2 Å². The van der Waals surface area contributed by atoms with Crippen LogP contribution in [0.5, 0.6) is 0 Å². The Morgan fingerprint density at radius 3 is 2.19 bits per heavy atom. The molecule has 0 unspecified atom stereocenters. The van der Waals surface area contributed by atoms with E-state index in [9.17, 15) is 4.79 Å². The molecule has 0 bridgehead atoms. The van der Waals surface area contributed by atoms with E-state index in [4.69, 9.17) is 9.73 Å². The molecule has 0 aromatic heterocycles. The summed E-state index contributed by atoms with van der Waals surface area (Å²) in [6.07, 6.45) is 0. The molecule has 0 spiro atoms. The molecule has 146 valence electrons. The van der Waals surface area contributed by atoms with E-state index in [0.29, 0.717) is 19.8 Å². The summed E-state index contributed by atoms with van der Waals surface area (Å²) >= 11 is 0. The van der Waals surface area contributed by atoms with Crippen molar-refractivity contribution in [2.75, 3.05) is 32.8 Å². The molecule has 0 aliphatic carbocycles. The lowest BCUT2D eigenvalue weighted by molar-refractivity contribution is -0.169. The van der Waals surface area contributed by atoms with Gasteiger partial charge in [-0.1, -0.05) is 41.5 Å². The molecule has 2 saturated heterocycles. The van der Waals surface area contributed by atoms with E-state index < -0.39 is 0 Å². The highest BCUT2D eigenvalue weighted by molar-refractivity contribution is 5.91. The summed E-state index contributed by atoms with van der Waals surface area (Å²) in [5.41, 5.74) is 2.32. The molecular weight excluding hydrogens is 326 g/mol. The van der Waals surface area contributed by atoms with E-state index in [1.165, 1.54) is 11.3 Å². The minimum absolute atomic E-state index is 0.0110. The van der Waals surface area contributed by atoms with Gasteiger partial charge in [-0.2, -0.15) is 0 Å². The van der Waals surface area contributed by atoms with Gasteiger partial charge in [0.15, 0.2) is 0 Å². The van der Waals surface area contributed by atoms with Crippen LogP contribution in [0.3, 0.4) is 0 Å². The molecule has 1 amide bonds. The number of rotatable bonds is 1. The molecule has 3 rings (SSSR count). The third kappa shape index (κ3) is 3.19. The van der Waals surface area contributed by atoms with Crippen molar-refractivity contribution in [1.29, 1.82) is 0 Å². The molecule has 5 nitrogen and oxygen atoms in total. The maximum atomic E-state index is 13.1. The van der Waals surface area contributed by atoms with Crippen LogP contribution >= 0.6 is 0 Å². The number of amides is 1. The number of ether oxygens (including phenoxy) is 1. The number of amidine groups is 1. The van der Waals surface area contributed by atoms with Gasteiger partial charge < -0.3 is 14.5 Å². The normalized spacial score (nSPS) is 26.3. The van der Waals surface area contributed by atoms with Gasteiger partial charge in [0.1, 0.15) is 5.84 Å². The first-order chi connectivity index (χ1) is 11.8. The molecule has 26 heavy (non-hydrogen) atoms. The zero-order valence-corrected chi connectivity index (χ0v) is 17.8. The number of hydrogen-bond acceptors (Lipinski definition) is 4. The van der Waals surface area contributed by atoms with Crippen molar-refractivity contribution in [3.8, 4) is 0 Å². The Kier molecular flexibility index (Phi) is 4.54. The van der Waals surface area contributed by atoms with Crippen LogP contribution in [0.4, 0.5) is 0 Å². The quantitative estimate of drug-likeness (QED) is 0.720. The molecule has 3 aliphatic heterocycles. The molecule has 2 fully saturated rings. The fourth-order valence-electron chi connectivity index (χ4n) is 4.47. The van der Waals surface area contributed by atoms with Crippen molar-refractivity contribution in [1.82, 2.24) is 9.80 Å². The van der Waals surface area contributed by atoms with Gasteiger partial charge in [-0.15, -0.1) is 0 Å². The summed E-state index contributed by atoms with van der Waals surface area (Å²) in [5.74, 6) is 1.38. The Balaban J connectivity index is 1.98. The Labute approximate surface area is 158 Å². The maximum Gasteiger partial charge on any atom is 0.233 e. The number of piperazine rings is 1. The van der Waals surface area contributed by atoms with Crippen molar-refractivity contribution < 1.29 is 9.53 Å². The number of aliphatic imine (C=N–C) groups is 1. The first kappa shape index (κ1) is 19.4. The fourth-order valence-corrected chi connectivity index (χ4v) is 4.47. The molecule has 3 heterocycles. The third-order valence-corrected chi connectivity index (χ3v) is 5.68. The zero-order valence-electron chi connectivity index (χ0n) is 17.8. The van der Waals surface area contributed by atoms with E-state index >= 15 is 0 Å². The van der Waals surface area contributed by atoms with Crippen molar-refractivity contribution in [2.24, 2.45) is 21.2 Å². The first-order valence-electron chi connectivity index (χ1n) is 9.81. The molecule has 3 aliphatic rings. The van der Waals surface area contributed by atoms with Gasteiger partial charge in [-0.05, 0) is 24.8 Å². The van der Waals surface area contributed by atoms with Crippen molar-refractivity contribution in [2.45, 2.75) is 61.4 Å². The molecule has 0 aromatic carbocycles. The highest BCUT2D eigenvalue weighted by atomic mass is 16.5. The first-order valence-corrected chi connectivity index (χ1v) is 9.81. The minimum Gasteiger partial charge on any atom is -0.379 e. The monoisotopic (exact) mass is 361 g/mol. The molecule has 1 atom stereocenters. The molecule has 0 N–H and O–H groups in total. The van der Waals surface area contributed by atoms with Gasteiger partial charge in [-0.25, -0.2) is 0 Å². The second-order valence-corrected chi connectivity index (χ2v) is 10.4. The highest BCUT2D eigenvalue weighted by Gasteiger charge is 2.46. The van der Waals surface area contributed by atoms with Crippen LogP contribution in [0.15, 0.2) is 16.3 Å². The predicted octanol–water partition coefficient (Wildman–Crippen LogP) is 3.31. The lowest BCUT2D eigenvalue weighted by Crippen LogP contribution is -2.60. The van der Waals surface area contributed by atoms with E-state index in [1.54, 1.807) is 0 Å². The van der Waals surface area contributed by atoms with Crippen LogP contribution in [0.25, 0.3) is 0 Å². The van der Waals surface area contributed by atoms with Crippen molar-refractivity contribution in [3.05, 3.63) is 11.3 Å². The molecular formula is C21H35N3O2. The topological polar surface area (TPSA) is 45.1 Å². The van der Waals surface area contributed by atoms with Crippen LogP contribution in [0, 0.1) is 16.2 Å². The van der Waals surface area contributed by atoms with Crippen molar-refractivity contribution in [3.63, 3.8) is 0 Å². The van der Waals surface area contributed by atoms with E-state index in [-0.39, 0.29) is 28.2 Å². The number of hydrogen-bond donors (Lipinski definition) is 0.